The van der Waals surface area contributed by atoms with Gasteiger partial charge in [0.05, 0.1) is 12.0 Å². The molecule has 2 aliphatic heterocycles. The monoisotopic (exact) mass is 281 g/mol. The summed E-state index contributed by atoms with van der Waals surface area (Å²) in [7, 11) is 0. The molecule has 0 aromatic heterocycles. The normalized spacial score (nSPS) is 27.9. The molecule has 1 aromatic rings. The van der Waals surface area contributed by atoms with Crippen LogP contribution in [0.2, 0.25) is 0 Å². The zero-order valence-electron chi connectivity index (χ0n) is 8.75. The van der Waals surface area contributed by atoms with Crippen LogP contribution in [0.15, 0.2) is 22.7 Å². The van der Waals surface area contributed by atoms with Crippen molar-refractivity contribution in [3.8, 4) is 5.75 Å². The molecule has 1 unspecified atom stereocenters. The second-order valence-electron chi connectivity index (χ2n) is 4.45. The molecule has 0 amide bonds. The topological polar surface area (TPSA) is 38.3 Å². The largest absolute Gasteiger partial charge is 0.485 e. The number of Topliss-reactive ketones (excluding diaryl/α,β-unsaturated/α-hetero) is 1. The molecule has 16 heavy (non-hydrogen) atoms. The van der Waals surface area contributed by atoms with Gasteiger partial charge in [-0.1, -0.05) is 15.9 Å². The number of hydrogen-bond acceptors (Lipinski definition) is 3. The van der Waals surface area contributed by atoms with E-state index in [1.54, 1.807) is 0 Å². The molecule has 3 rings (SSSR count). The van der Waals surface area contributed by atoms with Gasteiger partial charge in [0.1, 0.15) is 11.4 Å². The molecule has 1 N–H and O–H groups in total. The fourth-order valence-corrected chi connectivity index (χ4v) is 2.79. The van der Waals surface area contributed by atoms with Crippen molar-refractivity contribution in [2.45, 2.75) is 18.4 Å². The maximum Gasteiger partial charge on any atom is 0.170 e. The van der Waals surface area contributed by atoms with Crippen LogP contribution in [0.4, 0.5) is 0 Å². The Labute approximate surface area is 102 Å². The van der Waals surface area contributed by atoms with Crippen molar-refractivity contribution in [2.75, 3.05) is 13.1 Å². The number of carbonyl (C=O) groups excluding carboxylic acids is 1. The molecule has 84 valence electrons. The number of carbonyl (C=O) groups is 1. The third-order valence-electron chi connectivity index (χ3n) is 3.26. The Kier molecular flexibility index (Phi) is 2.30. The quantitative estimate of drug-likeness (QED) is 0.792. The van der Waals surface area contributed by atoms with Crippen molar-refractivity contribution in [1.29, 1.82) is 0 Å². The molecular weight excluding hydrogens is 270 g/mol. The number of ether oxygens (including phenoxy) is 1. The Bertz CT molecular complexity index is 452. The molecule has 0 radical (unpaired) electrons. The maximum atomic E-state index is 12.1. The van der Waals surface area contributed by atoms with Crippen LogP contribution < -0.4 is 10.1 Å². The highest BCUT2D eigenvalue weighted by molar-refractivity contribution is 9.10. The summed E-state index contributed by atoms with van der Waals surface area (Å²) in [6.45, 7) is 1.70. The van der Waals surface area contributed by atoms with Crippen LogP contribution in [0, 0.1) is 0 Å². The smallest absolute Gasteiger partial charge is 0.170 e. The lowest BCUT2D eigenvalue weighted by atomic mass is 9.89. The highest BCUT2D eigenvalue weighted by Gasteiger charge is 2.42. The fourth-order valence-electron chi connectivity index (χ4n) is 2.43. The molecule has 0 bridgehead atoms. The minimum absolute atomic E-state index is 0.186. The van der Waals surface area contributed by atoms with Crippen molar-refractivity contribution in [3.63, 3.8) is 0 Å². The second-order valence-corrected chi connectivity index (χ2v) is 5.37. The van der Waals surface area contributed by atoms with E-state index in [0.717, 1.165) is 29.7 Å². The van der Waals surface area contributed by atoms with Crippen LogP contribution in [0.3, 0.4) is 0 Å². The summed E-state index contributed by atoms with van der Waals surface area (Å²) in [5.74, 6) is 0.911. The van der Waals surface area contributed by atoms with Crippen molar-refractivity contribution < 1.29 is 9.53 Å². The minimum atomic E-state index is -0.294. The fraction of sp³-hybridized carbons (Fsp3) is 0.417. The van der Waals surface area contributed by atoms with Crippen LogP contribution in [-0.2, 0) is 0 Å². The predicted octanol–water partition coefficient (Wildman–Crippen LogP) is 2.15. The van der Waals surface area contributed by atoms with Crippen molar-refractivity contribution in [1.82, 2.24) is 5.32 Å². The maximum absolute atomic E-state index is 12.1. The van der Waals surface area contributed by atoms with Gasteiger partial charge in [0.2, 0.25) is 0 Å². The predicted molar refractivity (Wildman–Crippen MR) is 63.9 cm³/mol. The van der Waals surface area contributed by atoms with E-state index in [0.29, 0.717) is 12.0 Å². The Morgan fingerprint density at radius 3 is 3.06 bits per heavy atom. The first-order chi connectivity index (χ1) is 7.69. The highest BCUT2D eigenvalue weighted by atomic mass is 79.9. The Morgan fingerprint density at radius 2 is 2.31 bits per heavy atom. The number of halogens is 1. The molecule has 2 aliphatic rings. The molecule has 1 saturated heterocycles. The summed E-state index contributed by atoms with van der Waals surface area (Å²) in [4.78, 5) is 12.1. The van der Waals surface area contributed by atoms with Gasteiger partial charge in [-0.3, -0.25) is 4.79 Å². The van der Waals surface area contributed by atoms with Gasteiger partial charge in [-0.25, -0.2) is 0 Å². The molecular formula is C12H12BrNO2. The van der Waals surface area contributed by atoms with E-state index in [1.807, 2.05) is 18.2 Å². The summed E-state index contributed by atoms with van der Waals surface area (Å²) in [5, 5.41) is 3.26. The summed E-state index contributed by atoms with van der Waals surface area (Å²) in [5.41, 5.74) is 0.407. The Morgan fingerprint density at radius 1 is 1.44 bits per heavy atom. The zero-order valence-corrected chi connectivity index (χ0v) is 10.3. The zero-order chi connectivity index (χ0) is 11.2. The van der Waals surface area contributed by atoms with Crippen LogP contribution in [0.5, 0.6) is 5.75 Å². The molecule has 4 heteroatoms. The van der Waals surface area contributed by atoms with Gasteiger partial charge in [-0.2, -0.15) is 0 Å². The van der Waals surface area contributed by atoms with E-state index in [2.05, 4.69) is 21.2 Å². The van der Waals surface area contributed by atoms with E-state index in [4.69, 9.17) is 4.74 Å². The summed E-state index contributed by atoms with van der Waals surface area (Å²) < 4.78 is 6.92. The lowest BCUT2D eigenvalue weighted by Gasteiger charge is -2.34. The van der Waals surface area contributed by atoms with Gasteiger partial charge < -0.3 is 10.1 Å². The van der Waals surface area contributed by atoms with Gasteiger partial charge in [0.15, 0.2) is 5.78 Å². The molecule has 1 atom stereocenters. The average molecular weight is 282 g/mol. The average Bonchev–Trinajstić information content (AvgIpc) is 2.68. The molecule has 1 spiro atoms. The van der Waals surface area contributed by atoms with Crippen LogP contribution in [-0.4, -0.2) is 24.5 Å². The summed E-state index contributed by atoms with van der Waals surface area (Å²) in [6.07, 6.45) is 1.40. The van der Waals surface area contributed by atoms with E-state index in [-0.39, 0.29) is 11.4 Å². The van der Waals surface area contributed by atoms with Gasteiger partial charge >= 0.3 is 0 Å². The molecule has 1 aromatic carbocycles. The van der Waals surface area contributed by atoms with Gasteiger partial charge in [-0.05, 0) is 24.7 Å². The number of nitrogens with one attached hydrogen (secondary N) is 1. The van der Waals surface area contributed by atoms with E-state index < -0.39 is 0 Å². The van der Waals surface area contributed by atoms with Crippen molar-refractivity contribution >= 4 is 21.7 Å². The molecule has 1 fully saturated rings. The summed E-state index contributed by atoms with van der Waals surface area (Å²) >= 11 is 3.37. The third kappa shape index (κ3) is 1.57. The Balaban J connectivity index is 2.02. The molecule has 2 heterocycles. The lowest BCUT2D eigenvalue weighted by Crippen LogP contribution is -2.43. The van der Waals surface area contributed by atoms with Gasteiger partial charge in [-0.15, -0.1) is 0 Å². The van der Waals surface area contributed by atoms with Crippen LogP contribution >= 0.6 is 15.9 Å². The first-order valence-corrected chi connectivity index (χ1v) is 6.20. The number of fused-ring (bicyclic) bond motifs is 1. The molecule has 0 aliphatic carbocycles. The number of benzene rings is 1. The third-order valence-corrected chi connectivity index (χ3v) is 3.75. The van der Waals surface area contributed by atoms with E-state index >= 15 is 0 Å². The first kappa shape index (κ1) is 10.3. The van der Waals surface area contributed by atoms with Crippen molar-refractivity contribution in [3.05, 3.63) is 28.2 Å². The first-order valence-electron chi connectivity index (χ1n) is 5.41. The minimum Gasteiger partial charge on any atom is -0.485 e. The number of rotatable bonds is 0. The van der Waals surface area contributed by atoms with Crippen LogP contribution in [0.1, 0.15) is 23.2 Å². The molecule has 3 nitrogen and oxygen atoms in total. The number of ketones is 1. The van der Waals surface area contributed by atoms with Crippen LogP contribution in [0.25, 0.3) is 0 Å². The Hall–Kier alpha value is -0.870. The highest BCUT2D eigenvalue weighted by Crippen LogP contribution is 2.37. The lowest BCUT2D eigenvalue weighted by molar-refractivity contribution is 0.0528. The SMILES string of the molecule is O=C1CC2(CCNC2)Oc2ccc(Br)cc21. The standard InChI is InChI=1S/C12H12BrNO2/c13-8-1-2-11-9(5-8)10(15)6-12(16-11)3-4-14-7-12/h1-2,5,14H,3-4,6-7H2. The second kappa shape index (κ2) is 3.57. The summed E-state index contributed by atoms with van der Waals surface area (Å²) in [6, 6.07) is 5.62. The number of hydrogen-bond donors (Lipinski definition) is 1. The van der Waals surface area contributed by atoms with Gasteiger partial charge in [0, 0.05) is 17.4 Å². The van der Waals surface area contributed by atoms with E-state index in [1.165, 1.54) is 0 Å². The van der Waals surface area contributed by atoms with E-state index in [9.17, 15) is 4.79 Å². The van der Waals surface area contributed by atoms with Crippen molar-refractivity contribution in [2.24, 2.45) is 0 Å². The van der Waals surface area contributed by atoms with Gasteiger partial charge in [0.25, 0.3) is 0 Å². The molecule has 0 saturated carbocycles.